The number of ether oxygens (including phenoxy) is 2. The van der Waals surface area contributed by atoms with Gasteiger partial charge in [-0.25, -0.2) is 8.42 Å². The smallest absolute Gasteiger partial charge is 0.244 e. The number of halogens is 2. The summed E-state index contributed by atoms with van der Waals surface area (Å²) >= 11 is 12.3. The highest BCUT2D eigenvalue weighted by Crippen LogP contribution is 2.34. The number of carbonyl (C=O) groups is 1. The molecule has 2 atom stereocenters. The molecule has 0 heterocycles. The summed E-state index contributed by atoms with van der Waals surface area (Å²) in [5.41, 5.74) is 0.835. The van der Waals surface area contributed by atoms with E-state index in [1.54, 1.807) is 45.2 Å². The number of sulfonamides is 1. The number of methoxy groups -OCH3 is 2. The van der Waals surface area contributed by atoms with Gasteiger partial charge in [0.15, 0.2) is 0 Å². The third kappa shape index (κ3) is 5.96. The van der Waals surface area contributed by atoms with Crippen LogP contribution in [0.3, 0.4) is 0 Å². The van der Waals surface area contributed by atoms with Crippen molar-refractivity contribution in [2.75, 3.05) is 24.8 Å². The molecule has 0 aliphatic heterocycles. The van der Waals surface area contributed by atoms with E-state index >= 15 is 0 Å². The SMILES string of the molecule is CC[C@@H](C(=O)N[C@@H](C)c1cc(OC)ccc1OC)N(c1cc(Cl)ccc1Cl)S(C)(=O)=O. The van der Waals surface area contributed by atoms with E-state index in [9.17, 15) is 13.2 Å². The molecule has 0 saturated carbocycles. The van der Waals surface area contributed by atoms with E-state index in [1.807, 2.05) is 0 Å². The van der Waals surface area contributed by atoms with E-state index in [-0.39, 0.29) is 17.1 Å². The molecule has 170 valence electrons. The van der Waals surface area contributed by atoms with Crippen LogP contribution < -0.4 is 19.1 Å². The zero-order valence-electron chi connectivity index (χ0n) is 18.0. The minimum absolute atomic E-state index is 0.144. The number of rotatable bonds is 9. The average Bonchev–Trinajstić information content (AvgIpc) is 2.72. The predicted octanol–water partition coefficient (Wildman–Crippen LogP) is 4.43. The second kappa shape index (κ2) is 10.4. The van der Waals surface area contributed by atoms with E-state index in [0.717, 1.165) is 10.6 Å². The van der Waals surface area contributed by atoms with Crippen LogP contribution in [-0.4, -0.2) is 40.8 Å². The van der Waals surface area contributed by atoms with Gasteiger partial charge >= 0.3 is 0 Å². The summed E-state index contributed by atoms with van der Waals surface area (Å²) in [5.74, 6) is 0.688. The Hall–Kier alpha value is -2.16. The van der Waals surface area contributed by atoms with Gasteiger partial charge in [-0.2, -0.15) is 0 Å². The van der Waals surface area contributed by atoms with Gasteiger partial charge < -0.3 is 14.8 Å². The van der Waals surface area contributed by atoms with E-state index < -0.39 is 28.0 Å². The Kier molecular flexibility index (Phi) is 8.45. The molecule has 2 aromatic rings. The summed E-state index contributed by atoms with van der Waals surface area (Å²) in [6, 6.07) is 8.19. The average molecular weight is 489 g/mol. The number of hydrogen-bond donors (Lipinski definition) is 1. The Morgan fingerprint density at radius 3 is 2.35 bits per heavy atom. The van der Waals surface area contributed by atoms with E-state index in [4.69, 9.17) is 32.7 Å². The lowest BCUT2D eigenvalue weighted by Gasteiger charge is -2.32. The minimum atomic E-state index is -3.85. The molecule has 0 radical (unpaired) electrons. The molecule has 0 saturated heterocycles. The van der Waals surface area contributed by atoms with Gasteiger partial charge in [-0.3, -0.25) is 9.10 Å². The molecule has 0 bridgehead atoms. The first-order valence-corrected chi connectivity index (χ1v) is 12.1. The summed E-state index contributed by atoms with van der Waals surface area (Å²) in [6.07, 6.45) is 1.23. The van der Waals surface area contributed by atoms with Crippen LogP contribution in [0.1, 0.15) is 31.9 Å². The molecule has 0 fully saturated rings. The van der Waals surface area contributed by atoms with Gasteiger partial charge in [-0.05, 0) is 49.7 Å². The summed E-state index contributed by atoms with van der Waals surface area (Å²) in [6.45, 7) is 3.50. The molecule has 0 aliphatic carbocycles. The highest BCUT2D eigenvalue weighted by atomic mass is 35.5. The zero-order valence-corrected chi connectivity index (χ0v) is 20.3. The van der Waals surface area contributed by atoms with Crippen molar-refractivity contribution in [3.8, 4) is 11.5 Å². The molecule has 2 rings (SSSR count). The zero-order chi connectivity index (χ0) is 23.3. The molecular weight excluding hydrogens is 463 g/mol. The molecule has 31 heavy (non-hydrogen) atoms. The highest BCUT2D eigenvalue weighted by molar-refractivity contribution is 7.92. The lowest BCUT2D eigenvalue weighted by atomic mass is 10.1. The largest absolute Gasteiger partial charge is 0.497 e. The Balaban J connectivity index is 2.42. The van der Waals surface area contributed by atoms with Crippen molar-refractivity contribution in [1.82, 2.24) is 5.32 Å². The molecular formula is C21H26Cl2N2O5S. The third-order valence-electron chi connectivity index (χ3n) is 4.74. The monoisotopic (exact) mass is 488 g/mol. The lowest BCUT2D eigenvalue weighted by Crippen LogP contribution is -2.49. The number of nitrogens with one attached hydrogen (secondary N) is 1. The Morgan fingerprint density at radius 2 is 1.81 bits per heavy atom. The molecule has 0 unspecified atom stereocenters. The standard InChI is InChI=1S/C21H26Cl2N2O5S/c1-6-18(25(31(5,27)28)19-11-14(22)7-9-17(19)23)21(26)24-13(2)16-12-15(29-3)8-10-20(16)30-4/h7-13,18H,6H2,1-5H3,(H,24,26)/t13-,18-/m0/s1. The first-order valence-electron chi connectivity index (χ1n) is 9.50. The van der Waals surface area contributed by atoms with Crippen molar-refractivity contribution in [3.63, 3.8) is 0 Å². The predicted molar refractivity (Wildman–Crippen MR) is 124 cm³/mol. The van der Waals surface area contributed by atoms with Gasteiger partial charge in [0.1, 0.15) is 17.5 Å². The molecule has 10 heteroatoms. The number of carbonyl (C=O) groups excluding carboxylic acids is 1. The van der Waals surface area contributed by atoms with Crippen LogP contribution in [0, 0.1) is 0 Å². The Labute approximate surface area is 193 Å². The van der Waals surface area contributed by atoms with Gasteiger partial charge in [0.25, 0.3) is 0 Å². The summed E-state index contributed by atoms with van der Waals surface area (Å²) in [7, 11) is -0.781. The quantitative estimate of drug-likeness (QED) is 0.563. The number of anilines is 1. The van der Waals surface area contributed by atoms with E-state index in [2.05, 4.69) is 5.32 Å². The summed E-state index contributed by atoms with van der Waals surface area (Å²) < 4.78 is 37.0. The summed E-state index contributed by atoms with van der Waals surface area (Å²) in [5, 5.41) is 3.35. The normalized spacial score (nSPS) is 13.3. The first-order chi connectivity index (χ1) is 14.5. The number of amides is 1. The Bertz CT molecular complexity index is 1050. The molecule has 2 aromatic carbocycles. The van der Waals surface area contributed by atoms with Crippen molar-refractivity contribution in [2.24, 2.45) is 0 Å². The molecule has 1 amide bonds. The maximum absolute atomic E-state index is 13.2. The maximum Gasteiger partial charge on any atom is 0.244 e. The second-order valence-corrected chi connectivity index (χ2v) is 9.62. The van der Waals surface area contributed by atoms with Crippen LogP contribution in [0.2, 0.25) is 10.0 Å². The molecule has 0 spiro atoms. The first kappa shape index (κ1) is 25.1. The van der Waals surface area contributed by atoms with E-state index in [0.29, 0.717) is 22.1 Å². The molecule has 7 nitrogen and oxygen atoms in total. The van der Waals surface area contributed by atoms with Crippen molar-refractivity contribution in [1.29, 1.82) is 0 Å². The fourth-order valence-electron chi connectivity index (χ4n) is 3.26. The van der Waals surface area contributed by atoms with E-state index in [1.165, 1.54) is 19.2 Å². The number of benzene rings is 2. The van der Waals surface area contributed by atoms with Gasteiger partial charge in [0, 0.05) is 10.6 Å². The van der Waals surface area contributed by atoms with Crippen molar-refractivity contribution in [2.45, 2.75) is 32.4 Å². The van der Waals surface area contributed by atoms with Crippen LogP contribution in [-0.2, 0) is 14.8 Å². The van der Waals surface area contributed by atoms with Crippen molar-refractivity contribution < 1.29 is 22.7 Å². The number of nitrogens with zero attached hydrogens (tertiary/aromatic N) is 1. The lowest BCUT2D eigenvalue weighted by molar-refractivity contribution is -0.122. The number of hydrogen-bond acceptors (Lipinski definition) is 5. The molecule has 0 aromatic heterocycles. The molecule has 0 aliphatic rings. The van der Waals surface area contributed by atoms with Gasteiger partial charge in [0.05, 0.1) is 37.2 Å². The molecule has 1 N–H and O–H groups in total. The topological polar surface area (TPSA) is 84.9 Å². The minimum Gasteiger partial charge on any atom is -0.497 e. The fraction of sp³-hybridized carbons (Fsp3) is 0.381. The maximum atomic E-state index is 13.2. The highest BCUT2D eigenvalue weighted by Gasteiger charge is 2.33. The third-order valence-corrected chi connectivity index (χ3v) is 6.46. The van der Waals surface area contributed by atoms with Crippen LogP contribution in [0.5, 0.6) is 11.5 Å². The fourth-order valence-corrected chi connectivity index (χ4v) is 4.90. The van der Waals surface area contributed by atoms with Gasteiger partial charge in [-0.1, -0.05) is 30.1 Å². The second-order valence-electron chi connectivity index (χ2n) is 6.92. The van der Waals surface area contributed by atoms with Crippen LogP contribution in [0.4, 0.5) is 5.69 Å². The van der Waals surface area contributed by atoms with Crippen LogP contribution in [0.15, 0.2) is 36.4 Å². The van der Waals surface area contributed by atoms with Gasteiger partial charge in [0.2, 0.25) is 15.9 Å². The van der Waals surface area contributed by atoms with Crippen molar-refractivity contribution in [3.05, 3.63) is 52.0 Å². The van der Waals surface area contributed by atoms with Crippen molar-refractivity contribution >= 4 is 44.8 Å². The van der Waals surface area contributed by atoms with Crippen LogP contribution >= 0.6 is 23.2 Å². The van der Waals surface area contributed by atoms with Crippen LogP contribution in [0.25, 0.3) is 0 Å². The Morgan fingerprint density at radius 1 is 1.13 bits per heavy atom. The summed E-state index contributed by atoms with van der Waals surface area (Å²) in [4.78, 5) is 13.2. The van der Waals surface area contributed by atoms with Gasteiger partial charge in [-0.15, -0.1) is 0 Å².